The zero-order valence-corrected chi connectivity index (χ0v) is 18.8. The minimum atomic E-state index is -0.375. The zero-order valence-electron chi connectivity index (χ0n) is 15.6. The highest BCUT2D eigenvalue weighted by atomic mass is 79.9. The maximum Gasteiger partial charge on any atom is 0.341 e. The number of esters is 1. The number of carbonyl (C=O) groups is 1. The first-order valence-corrected chi connectivity index (χ1v) is 10.4. The van der Waals surface area contributed by atoms with Gasteiger partial charge in [-0.3, -0.25) is 4.68 Å². The van der Waals surface area contributed by atoms with Gasteiger partial charge in [0.1, 0.15) is 5.00 Å². The van der Waals surface area contributed by atoms with Crippen molar-refractivity contribution in [2.24, 2.45) is 0 Å². The van der Waals surface area contributed by atoms with E-state index in [1.165, 1.54) is 18.4 Å². The third kappa shape index (κ3) is 4.78. The standard InChI is InChI=1S/C19H19BrN4O2S2/c1-11-12(2)28-17(16(11)18(25)26-3)23-19(27)22-15-6-4-5-13(7-15)9-24-10-14(20)8-21-24/h4-8,10H,9H2,1-3H3,(H2,22,23,27). The lowest BCUT2D eigenvalue weighted by atomic mass is 10.1. The van der Waals surface area contributed by atoms with Crippen molar-refractivity contribution in [1.82, 2.24) is 9.78 Å². The summed E-state index contributed by atoms with van der Waals surface area (Å²) in [6, 6.07) is 7.93. The molecule has 0 atom stereocenters. The quantitative estimate of drug-likeness (QED) is 0.398. The minimum Gasteiger partial charge on any atom is -0.465 e. The first-order chi connectivity index (χ1) is 13.4. The van der Waals surface area contributed by atoms with Crippen LogP contribution >= 0.6 is 39.5 Å². The van der Waals surface area contributed by atoms with Crippen molar-refractivity contribution in [1.29, 1.82) is 0 Å². The Kier molecular flexibility index (Phi) is 6.48. The first kappa shape index (κ1) is 20.5. The van der Waals surface area contributed by atoms with Gasteiger partial charge in [0.15, 0.2) is 5.11 Å². The van der Waals surface area contributed by atoms with E-state index in [0.29, 0.717) is 22.2 Å². The van der Waals surface area contributed by atoms with Crippen molar-refractivity contribution < 1.29 is 9.53 Å². The molecule has 0 saturated heterocycles. The van der Waals surface area contributed by atoms with E-state index in [-0.39, 0.29) is 5.97 Å². The largest absolute Gasteiger partial charge is 0.465 e. The molecule has 0 spiro atoms. The number of hydrogen-bond acceptors (Lipinski definition) is 5. The third-order valence-corrected chi connectivity index (χ3v) is 5.87. The van der Waals surface area contributed by atoms with Crippen LogP contribution in [0.4, 0.5) is 10.7 Å². The molecule has 0 amide bonds. The number of thiocarbonyl (C=S) groups is 1. The van der Waals surface area contributed by atoms with Crippen LogP contribution in [0.25, 0.3) is 0 Å². The van der Waals surface area contributed by atoms with Crippen LogP contribution in [0.15, 0.2) is 41.1 Å². The van der Waals surface area contributed by atoms with Crippen molar-refractivity contribution in [2.45, 2.75) is 20.4 Å². The van der Waals surface area contributed by atoms with E-state index < -0.39 is 0 Å². The smallest absolute Gasteiger partial charge is 0.341 e. The van der Waals surface area contributed by atoms with E-state index in [4.69, 9.17) is 17.0 Å². The number of methoxy groups -OCH3 is 1. The maximum absolute atomic E-state index is 12.1. The number of halogens is 1. The number of aromatic nitrogens is 2. The molecule has 2 aromatic heterocycles. The van der Waals surface area contributed by atoms with E-state index >= 15 is 0 Å². The SMILES string of the molecule is COC(=O)c1c(NC(=S)Nc2cccc(Cn3cc(Br)cn3)c2)sc(C)c1C. The van der Waals surface area contributed by atoms with E-state index in [0.717, 1.165) is 26.2 Å². The molecule has 0 saturated carbocycles. The molecule has 0 aliphatic carbocycles. The minimum absolute atomic E-state index is 0.375. The van der Waals surface area contributed by atoms with Crippen LogP contribution in [0, 0.1) is 13.8 Å². The van der Waals surface area contributed by atoms with Crippen molar-refractivity contribution in [3.05, 3.63) is 62.7 Å². The number of aryl methyl sites for hydroxylation is 1. The fraction of sp³-hybridized carbons (Fsp3) is 0.211. The molecular weight excluding hydrogens is 460 g/mol. The fourth-order valence-electron chi connectivity index (χ4n) is 2.69. The Balaban J connectivity index is 1.71. The summed E-state index contributed by atoms with van der Waals surface area (Å²) in [6.45, 7) is 4.51. The number of ether oxygens (including phenoxy) is 1. The molecule has 0 radical (unpaired) electrons. The molecule has 2 heterocycles. The van der Waals surface area contributed by atoms with E-state index in [1.807, 2.05) is 49.0 Å². The van der Waals surface area contributed by atoms with Gasteiger partial charge in [0.05, 0.1) is 29.9 Å². The van der Waals surface area contributed by atoms with Gasteiger partial charge in [-0.25, -0.2) is 4.79 Å². The van der Waals surface area contributed by atoms with Gasteiger partial charge in [-0.1, -0.05) is 12.1 Å². The van der Waals surface area contributed by atoms with Crippen LogP contribution in [-0.2, 0) is 11.3 Å². The molecule has 0 aliphatic rings. The molecule has 6 nitrogen and oxygen atoms in total. The maximum atomic E-state index is 12.1. The zero-order chi connectivity index (χ0) is 20.3. The van der Waals surface area contributed by atoms with Gasteiger partial charge in [0, 0.05) is 16.8 Å². The number of thiophene rings is 1. The number of nitrogens with one attached hydrogen (secondary N) is 2. The Bertz CT molecular complexity index is 1030. The molecule has 3 aromatic rings. The Morgan fingerprint density at radius 3 is 2.82 bits per heavy atom. The molecule has 9 heteroatoms. The van der Waals surface area contributed by atoms with Crippen LogP contribution < -0.4 is 10.6 Å². The van der Waals surface area contributed by atoms with Gasteiger partial charge in [-0.05, 0) is 65.3 Å². The lowest BCUT2D eigenvalue weighted by Gasteiger charge is -2.12. The second-order valence-corrected chi connectivity index (χ2v) is 8.66. The third-order valence-electron chi connectivity index (χ3n) is 4.13. The molecule has 0 aliphatic heterocycles. The number of rotatable bonds is 5. The number of anilines is 2. The normalized spacial score (nSPS) is 10.6. The van der Waals surface area contributed by atoms with Gasteiger partial charge in [0.25, 0.3) is 0 Å². The molecule has 3 rings (SSSR count). The van der Waals surface area contributed by atoms with Gasteiger partial charge in [-0.2, -0.15) is 5.10 Å². The van der Waals surface area contributed by atoms with E-state index in [1.54, 1.807) is 6.20 Å². The van der Waals surface area contributed by atoms with Crippen LogP contribution in [0.3, 0.4) is 0 Å². The second kappa shape index (κ2) is 8.85. The highest BCUT2D eigenvalue weighted by molar-refractivity contribution is 9.10. The average Bonchev–Trinajstić information content (AvgIpc) is 3.17. The van der Waals surface area contributed by atoms with Gasteiger partial charge in [0.2, 0.25) is 0 Å². The predicted molar refractivity (Wildman–Crippen MR) is 120 cm³/mol. The van der Waals surface area contributed by atoms with Gasteiger partial charge >= 0.3 is 5.97 Å². The summed E-state index contributed by atoms with van der Waals surface area (Å²) < 4.78 is 7.68. The van der Waals surface area contributed by atoms with Crippen molar-refractivity contribution >= 4 is 61.3 Å². The lowest BCUT2D eigenvalue weighted by molar-refractivity contribution is 0.0601. The van der Waals surface area contributed by atoms with Crippen molar-refractivity contribution in [2.75, 3.05) is 17.7 Å². The van der Waals surface area contributed by atoms with Gasteiger partial charge < -0.3 is 15.4 Å². The van der Waals surface area contributed by atoms with Crippen LogP contribution in [0.2, 0.25) is 0 Å². The molecule has 2 N–H and O–H groups in total. The summed E-state index contributed by atoms with van der Waals surface area (Å²) in [7, 11) is 1.37. The average molecular weight is 479 g/mol. The summed E-state index contributed by atoms with van der Waals surface area (Å²) in [4.78, 5) is 13.1. The number of carbonyl (C=O) groups excluding carboxylic acids is 1. The molecule has 1 aromatic carbocycles. The Hall–Kier alpha value is -2.23. The van der Waals surface area contributed by atoms with E-state index in [2.05, 4.69) is 31.7 Å². The monoisotopic (exact) mass is 478 g/mol. The highest BCUT2D eigenvalue weighted by Gasteiger charge is 2.20. The molecule has 0 bridgehead atoms. The molecule has 146 valence electrons. The summed E-state index contributed by atoms with van der Waals surface area (Å²) in [6.07, 6.45) is 3.67. The number of benzene rings is 1. The fourth-order valence-corrected chi connectivity index (χ4v) is 4.35. The highest BCUT2D eigenvalue weighted by Crippen LogP contribution is 2.33. The first-order valence-electron chi connectivity index (χ1n) is 8.40. The Morgan fingerprint density at radius 2 is 2.14 bits per heavy atom. The van der Waals surface area contributed by atoms with Crippen LogP contribution in [-0.4, -0.2) is 28.0 Å². The van der Waals surface area contributed by atoms with Crippen molar-refractivity contribution in [3.63, 3.8) is 0 Å². The predicted octanol–water partition coefficient (Wildman–Crippen LogP) is 4.97. The topological polar surface area (TPSA) is 68.2 Å². The lowest BCUT2D eigenvalue weighted by Crippen LogP contribution is -2.20. The second-order valence-electron chi connectivity index (χ2n) is 6.11. The molecular formula is C19H19BrN4O2S2. The summed E-state index contributed by atoms with van der Waals surface area (Å²) >= 11 is 10.3. The van der Waals surface area contributed by atoms with Crippen molar-refractivity contribution in [3.8, 4) is 0 Å². The number of nitrogens with zero attached hydrogens (tertiary/aromatic N) is 2. The van der Waals surface area contributed by atoms with Crippen LogP contribution in [0.5, 0.6) is 0 Å². The Morgan fingerprint density at radius 1 is 1.36 bits per heavy atom. The molecule has 0 unspecified atom stereocenters. The van der Waals surface area contributed by atoms with E-state index in [9.17, 15) is 4.79 Å². The van der Waals surface area contributed by atoms with Crippen LogP contribution in [0.1, 0.15) is 26.4 Å². The molecule has 28 heavy (non-hydrogen) atoms. The number of hydrogen-bond donors (Lipinski definition) is 2. The van der Waals surface area contributed by atoms with Gasteiger partial charge in [-0.15, -0.1) is 11.3 Å². The Labute approximate surface area is 181 Å². The summed E-state index contributed by atoms with van der Waals surface area (Å²) in [5.41, 5.74) is 3.36. The summed E-state index contributed by atoms with van der Waals surface area (Å²) in [5, 5.41) is 11.6. The molecule has 0 fully saturated rings. The summed E-state index contributed by atoms with van der Waals surface area (Å²) in [5.74, 6) is -0.375.